The number of aromatic hydroxyl groups is 23. The first-order chi connectivity index (χ1) is 52.6. The van der Waals surface area contributed by atoms with E-state index in [1.54, 1.807) is 0 Å². The van der Waals surface area contributed by atoms with Crippen LogP contribution in [0.4, 0.5) is 0 Å². The Kier molecular flexibility index (Phi) is 19.8. The van der Waals surface area contributed by atoms with Gasteiger partial charge < -0.3 is 170 Å². The second kappa shape index (κ2) is 28.7. The highest BCUT2D eigenvalue weighted by atomic mass is 16.6. The van der Waals surface area contributed by atoms with Crippen LogP contribution in [-0.4, -0.2) is 250 Å². The molecule has 112 heavy (non-hydrogen) atoms. The van der Waals surface area contributed by atoms with Crippen LogP contribution in [0.15, 0.2) is 54.6 Å². The summed E-state index contributed by atoms with van der Waals surface area (Å²) < 4.78 is 48.2. The zero-order valence-corrected chi connectivity index (χ0v) is 54.8. The number of hydrogen-bond acceptors (Lipinski definition) is 44. The monoisotopic (exact) mass is 1570 g/mol. The fourth-order valence-electron chi connectivity index (χ4n) is 11.6. The number of phenolic OH excluding ortho intramolecular Hbond substituents is 23. The SMILES string of the molecule is O=CC1OC(=O)c2cc(O)c(O)c(O)c2-c2c(cc(O)c(O)c2O)C(=O)OC1C(OC(=O)c1cc(O)c(O)c(O)c1Oc1cc2c(c(O)c1O)-c1c(cc(O)c(O)c1O)C(=O)OC(C1OC(=O)c3cc(O)c(O)c(O)c3-c3c(cc(O)c(O)c3O)C(=O)OC1C=O)C(O)COC2=O)C(O)COC(=O)c1cc(O)c(O)c(O)c1. The van der Waals surface area contributed by atoms with Gasteiger partial charge in [0.25, 0.3) is 0 Å². The molecule has 0 saturated heterocycles. The number of carbonyl (C=O) groups is 10. The highest BCUT2D eigenvalue weighted by Crippen LogP contribution is 2.59. The van der Waals surface area contributed by atoms with Crippen LogP contribution in [0.25, 0.3) is 33.4 Å². The number of ether oxygens (including phenoxy) is 9. The highest BCUT2D eigenvalue weighted by molar-refractivity contribution is 6.12. The number of phenols is 23. The Balaban J connectivity index is 1.02. The zero-order chi connectivity index (χ0) is 82.3. The normalized spacial score (nSPS) is 18.1. The first-order valence-corrected chi connectivity index (χ1v) is 30.7. The Labute approximate surface area is 615 Å². The smallest absolute Gasteiger partial charge is 0.342 e. The minimum atomic E-state index is -3.10. The average Bonchev–Trinajstić information content (AvgIpc) is 0.830. The molecule has 44 heteroatoms. The maximum Gasteiger partial charge on any atom is 0.342 e. The van der Waals surface area contributed by atoms with Crippen molar-refractivity contribution in [2.24, 2.45) is 0 Å². The molecule has 3 aliphatic heterocycles. The molecule has 0 aliphatic carbocycles. The molecule has 44 nitrogen and oxygen atoms in total. The highest BCUT2D eigenvalue weighted by Gasteiger charge is 2.50. The van der Waals surface area contributed by atoms with Gasteiger partial charge in [0, 0.05) is 45.5 Å². The Morgan fingerprint density at radius 1 is 0.384 bits per heavy atom. The molecule has 11 rings (SSSR count). The van der Waals surface area contributed by atoms with Crippen molar-refractivity contribution in [2.75, 3.05) is 13.2 Å². The third kappa shape index (κ3) is 13.0. The predicted octanol–water partition coefficient (Wildman–Crippen LogP) is 1.44. The summed E-state index contributed by atoms with van der Waals surface area (Å²) in [5.41, 5.74) is -18.2. The van der Waals surface area contributed by atoms with Crippen LogP contribution in [0.2, 0.25) is 0 Å². The molecule has 0 fully saturated rings. The molecule has 584 valence electrons. The number of carbonyl (C=O) groups excluding carboxylic acids is 10. The summed E-state index contributed by atoms with van der Waals surface area (Å²) in [6.45, 7) is -3.38. The molecule has 8 aromatic rings. The number of aldehydes is 2. The zero-order valence-electron chi connectivity index (χ0n) is 54.8. The van der Waals surface area contributed by atoms with Gasteiger partial charge in [0.05, 0.1) is 38.9 Å². The van der Waals surface area contributed by atoms with Gasteiger partial charge in [0.1, 0.15) is 31.0 Å². The van der Waals surface area contributed by atoms with E-state index in [1.807, 2.05) is 0 Å². The van der Waals surface area contributed by atoms with Crippen LogP contribution >= 0.6 is 0 Å². The fraction of sp³-hybridized carbons (Fsp3) is 0.147. The number of aliphatic hydroxyl groups is 2. The summed E-state index contributed by atoms with van der Waals surface area (Å²) in [5, 5.41) is 274. The van der Waals surface area contributed by atoms with E-state index in [0.717, 1.165) is 0 Å². The van der Waals surface area contributed by atoms with Crippen molar-refractivity contribution in [2.45, 2.75) is 48.8 Å². The van der Waals surface area contributed by atoms with E-state index in [2.05, 4.69) is 0 Å². The van der Waals surface area contributed by atoms with E-state index in [1.165, 1.54) is 0 Å². The van der Waals surface area contributed by atoms with Crippen LogP contribution in [-0.2, 0) is 47.5 Å². The molecule has 0 radical (unpaired) electrons. The van der Waals surface area contributed by atoms with Gasteiger partial charge in [-0.25, -0.2) is 38.4 Å². The summed E-state index contributed by atoms with van der Waals surface area (Å²) in [6, 6.07) is 2.46. The molecule has 8 aromatic carbocycles. The summed E-state index contributed by atoms with van der Waals surface area (Å²) in [6.07, 6.45) is -24.2. The van der Waals surface area contributed by atoms with Gasteiger partial charge in [-0.3, -0.25) is 9.59 Å². The average molecular weight is 1570 g/mol. The number of fused-ring (bicyclic) bond motifs is 9. The van der Waals surface area contributed by atoms with Crippen molar-refractivity contribution in [3.8, 4) is 177 Å². The molecule has 0 aromatic heterocycles. The maximum atomic E-state index is 15.0. The van der Waals surface area contributed by atoms with Crippen molar-refractivity contribution >= 4 is 60.3 Å². The fourth-order valence-corrected chi connectivity index (χ4v) is 11.6. The third-order valence-corrected chi connectivity index (χ3v) is 17.1. The van der Waals surface area contributed by atoms with Crippen LogP contribution in [0.5, 0.6) is 144 Å². The molecule has 3 aliphatic rings. The molecule has 25 N–H and O–H groups in total. The molecule has 0 saturated carbocycles. The van der Waals surface area contributed by atoms with Crippen LogP contribution < -0.4 is 4.74 Å². The standard InChI is InChI=1S/C68H48O44/c69-10-33-59(111-66(101)18-6-27(76)44(84)51(91)37(18)35-15(63(98)107-33)3-24(73)42(82)49(35)89)57-31(80)13-105-62(97)20-9-32(48(88)54(94)40(20)39-17(65(100)109-57)5-26(75)46(86)53(39)93)106-56-21(8-29(78)47(87)55(56)95)68(103)110-58(30(79)12-104-61(96)14-1-22(71)41(81)23(72)2-14)60-34(11-70)108-64(99)16-4-25(74)43(83)50(90)36(16)38-19(67(102)112-60)7-28(77)45(85)52(38)92/h1-11,30-31,33-34,57-60,71-95H,12-13H2. The molecule has 0 amide bonds. The summed E-state index contributed by atoms with van der Waals surface area (Å²) >= 11 is 0. The van der Waals surface area contributed by atoms with Crippen molar-refractivity contribution in [1.82, 2.24) is 0 Å². The lowest BCUT2D eigenvalue weighted by atomic mass is 9.91. The van der Waals surface area contributed by atoms with Crippen LogP contribution in [0.1, 0.15) is 82.9 Å². The van der Waals surface area contributed by atoms with E-state index >= 15 is 4.79 Å². The van der Waals surface area contributed by atoms with Gasteiger partial charge in [-0.2, -0.15) is 0 Å². The van der Waals surface area contributed by atoms with Crippen LogP contribution in [0.3, 0.4) is 0 Å². The van der Waals surface area contributed by atoms with Crippen molar-refractivity contribution in [3.63, 3.8) is 0 Å². The predicted molar refractivity (Wildman–Crippen MR) is 347 cm³/mol. The maximum absolute atomic E-state index is 15.0. The summed E-state index contributed by atoms with van der Waals surface area (Å²) in [5.74, 6) is -54.9. The van der Waals surface area contributed by atoms with Crippen molar-refractivity contribution < 1.29 is 218 Å². The minimum Gasteiger partial charge on any atom is -0.504 e. The summed E-state index contributed by atoms with van der Waals surface area (Å²) in [4.78, 5) is 142. The first kappa shape index (κ1) is 77.1. The lowest BCUT2D eigenvalue weighted by Gasteiger charge is -2.33. The van der Waals surface area contributed by atoms with Gasteiger partial charge in [-0.1, -0.05) is 0 Å². The molecule has 0 spiro atoms. The first-order valence-electron chi connectivity index (χ1n) is 30.7. The number of hydrogen-bond donors (Lipinski definition) is 25. The number of cyclic esters (lactones) is 6. The van der Waals surface area contributed by atoms with E-state index in [-0.39, 0.29) is 36.4 Å². The van der Waals surface area contributed by atoms with Crippen molar-refractivity contribution in [3.05, 3.63) is 99.1 Å². The summed E-state index contributed by atoms with van der Waals surface area (Å²) in [7, 11) is 0. The number of rotatable bonds is 12. The quantitative estimate of drug-likeness (QED) is 0.0356. The van der Waals surface area contributed by atoms with Crippen LogP contribution in [0, 0.1) is 0 Å². The second-order valence-electron chi connectivity index (χ2n) is 23.8. The molecule has 3 heterocycles. The Bertz CT molecular complexity index is 5440. The topological polar surface area (TPSA) is 760 Å². The molecule has 8 unspecified atom stereocenters. The second-order valence-corrected chi connectivity index (χ2v) is 23.8. The third-order valence-electron chi connectivity index (χ3n) is 17.1. The minimum absolute atomic E-state index is 0.0728. The number of esters is 8. The van der Waals surface area contributed by atoms with Crippen molar-refractivity contribution in [1.29, 1.82) is 0 Å². The Hall–Kier alpha value is -16.0. The van der Waals surface area contributed by atoms with Gasteiger partial charge in [0.2, 0.25) is 46.0 Å². The number of aliphatic hydroxyl groups excluding tert-OH is 2. The van der Waals surface area contributed by atoms with E-state index in [4.69, 9.17) is 42.6 Å². The molecular formula is C68H48O44. The largest absolute Gasteiger partial charge is 0.504 e. The molecule has 0 bridgehead atoms. The van der Waals surface area contributed by atoms with E-state index in [9.17, 15) is 171 Å². The lowest BCUT2D eigenvalue weighted by molar-refractivity contribution is -0.142. The van der Waals surface area contributed by atoms with Gasteiger partial charge >= 0.3 is 47.8 Å². The van der Waals surface area contributed by atoms with Gasteiger partial charge in [-0.05, 0) is 42.5 Å². The Morgan fingerprint density at radius 3 is 1.13 bits per heavy atom. The number of benzene rings is 8. The molecule has 8 atom stereocenters. The Morgan fingerprint density at radius 2 is 0.723 bits per heavy atom. The van der Waals surface area contributed by atoms with E-state index < -0.39 is 344 Å². The lowest BCUT2D eigenvalue weighted by Crippen LogP contribution is -2.53. The van der Waals surface area contributed by atoms with Gasteiger partial charge in [0.15, 0.2) is 147 Å². The molecular weight excluding hydrogens is 1520 g/mol. The van der Waals surface area contributed by atoms with E-state index in [0.29, 0.717) is 18.2 Å². The van der Waals surface area contributed by atoms with Gasteiger partial charge in [-0.15, -0.1) is 0 Å².